The van der Waals surface area contributed by atoms with Crippen LogP contribution in [0.1, 0.15) is 82.1 Å². The first-order chi connectivity index (χ1) is 17.0. The molecule has 0 amide bonds. The second kappa shape index (κ2) is 10.8. The number of carbonyl (C=O) groups excluding carboxylic acids is 2. The van der Waals surface area contributed by atoms with E-state index in [0.717, 1.165) is 6.42 Å². The summed E-state index contributed by atoms with van der Waals surface area (Å²) in [5.41, 5.74) is -0.238. The van der Waals surface area contributed by atoms with Crippen LogP contribution in [0.3, 0.4) is 0 Å². The van der Waals surface area contributed by atoms with Crippen LogP contribution in [0, 0.1) is 23.2 Å². The minimum absolute atomic E-state index is 0.0362. The second-order valence-electron chi connectivity index (χ2n) is 12.9. The van der Waals surface area contributed by atoms with Crippen molar-refractivity contribution in [1.29, 1.82) is 0 Å². The minimum Gasteiger partial charge on any atom is -0.457 e. The van der Waals surface area contributed by atoms with Crippen molar-refractivity contribution in [2.45, 2.75) is 118 Å². The summed E-state index contributed by atoms with van der Waals surface area (Å²) in [4.78, 5) is 29.6. The molecule has 3 aliphatic rings. The van der Waals surface area contributed by atoms with Crippen molar-refractivity contribution in [3.63, 3.8) is 0 Å². The summed E-state index contributed by atoms with van der Waals surface area (Å²) in [6.07, 6.45) is 2.09. The SMILES string of the molecule is CC1=C2O[C@H](C)[C@](C)(/C=C(\C)C(=O)[C@H](C)CC(C)(C)[C@H](OC3OC(C)CC(N(C)C)C3C)[C@@H](C)C1=O)O2. The molecule has 3 heterocycles. The zero-order valence-corrected chi connectivity index (χ0v) is 25.0. The van der Waals surface area contributed by atoms with E-state index in [1.165, 1.54) is 0 Å². The smallest absolute Gasteiger partial charge is 0.287 e. The summed E-state index contributed by atoms with van der Waals surface area (Å²) in [5.74, 6) is -0.423. The van der Waals surface area contributed by atoms with Gasteiger partial charge in [0.2, 0.25) is 0 Å². The Kier molecular flexibility index (Phi) is 8.73. The van der Waals surface area contributed by atoms with E-state index in [2.05, 4.69) is 46.7 Å². The Labute approximate surface area is 223 Å². The highest BCUT2D eigenvalue weighted by atomic mass is 16.7. The molecule has 0 saturated carbocycles. The third kappa shape index (κ3) is 5.99. The molecule has 3 aliphatic heterocycles. The Bertz CT molecular complexity index is 952. The van der Waals surface area contributed by atoms with Gasteiger partial charge in [-0.2, -0.15) is 0 Å². The highest BCUT2D eigenvalue weighted by Crippen LogP contribution is 2.42. The van der Waals surface area contributed by atoms with Crippen LogP contribution in [-0.4, -0.2) is 66.8 Å². The summed E-state index contributed by atoms with van der Waals surface area (Å²) >= 11 is 0. The maximum Gasteiger partial charge on any atom is 0.287 e. The van der Waals surface area contributed by atoms with Crippen LogP contribution in [0.2, 0.25) is 0 Å². The number of fused-ring (bicyclic) bond motifs is 2. The van der Waals surface area contributed by atoms with E-state index in [1.54, 1.807) is 6.92 Å². The summed E-state index contributed by atoms with van der Waals surface area (Å²) in [6, 6.07) is 0.300. The predicted molar refractivity (Wildman–Crippen MR) is 144 cm³/mol. The van der Waals surface area contributed by atoms with E-state index in [1.807, 2.05) is 40.7 Å². The molecule has 2 saturated heterocycles. The fraction of sp³-hybridized carbons (Fsp3) is 0.800. The molecule has 0 N–H and O–H groups in total. The number of hydrogen-bond acceptors (Lipinski definition) is 7. The largest absolute Gasteiger partial charge is 0.457 e. The van der Waals surface area contributed by atoms with E-state index in [9.17, 15) is 9.59 Å². The maximum absolute atomic E-state index is 13.9. The lowest BCUT2D eigenvalue weighted by atomic mass is 9.71. The predicted octanol–water partition coefficient (Wildman–Crippen LogP) is 5.28. The Morgan fingerprint density at radius 2 is 1.62 bits per heavy atom. The zero-order valence-electron chi connectivity index (χ0n) is 25.0. The fourth-order valence-electron chi connectivity index (χ4n) is 6.47. The summed E-state index contributed by atoms with van der Waals surface area (Å²) in [5, 5.41) is 0. The zero-order chi connectivity index (χ0) is 28.0. The van der Waals surface area contributed by atoms with Crippen LogP contribution >= 0.6 is 0 Å². The molecule has 7 nitrogen and oxygen atoms in total. The van der Waals surface area contributed by atoms with E-state index in [0.29, 0.717) is 23.6 Å². The van der Waals surface area contributed by atoms with Crippen molar-refractivity contribution in [2.24, 2.45) is 23.2 Å². The molecule has 3 rings (SSSR count). The molecule has 9 atom stereocenters. The van der Waals surface area contributed by atoms with Crippen molar-refractivity contribution in [3.8, 4) is 0 Å². The average Bonchev–Trinajstić information content (AvgIpc) is 3.09. The molecule has 210 valence electrons. The molecule has 0 aromatic rings. The lowest BCUT2D eigenvalue weighted by molar-refractivity contribution is -0.267. The van der Waals surface area contributed by atoms with Gasteiger partial charge in [-0.25, -0.2) is 0 Å². The molecule has 0 spiro atoms. The molecule has 7 heteroatoms. The molecule has 2 fully saturated rings. The quantitative estimate of drug-likeness (QED) is 0.502. The number of allylic oxidation sites excluding steroid dienone is 2. The van der Waals surface area contributed by atoms with E-state index >= 15 is 0 Å². The second-order valence-corrected chi connectivity index (χ2v) is 12.9. The number of nitrogens with zero attached hydrogens (tertiary/aromatic N) is 1. The normalized spacial score (nSPS) is 42.8. The number of ketones is 2. The lowest BCUT2D eigenvalue weighted by Crippen LogP contribution is -2.53. The Morgan fingerprint density at radius 1 is 1.00 bits per heavy atom. The highest BCUT2D eigenvalue weighted by molar-refractivity contribution is 5.98. The van der Waals surface area contributed by atoms with Gasteiger partial charge in [0, 0.05) is 23.8 Å². The fourth-order valence-corrected chi connectivity index (χ4v) is 6.47. The summed E-state index contributed by atoms with van der Waals surface area (Å²) < 4.78 is 25.4. The van der Waals surface area contributed by atoms with Crippen LogP contribution < -0.4 is 0 Å². The molecule has 0 aromatic heterocycles. The van der Waals surface area contributed by atoms with Crippen molar-refractivity contribution in [3.05, 3.63) is 23.2 Å². The molecule has 0 aromatic carbocycles. The maximum atomic E-state index is 13.9. The van der Waals surface area contributed by atoms with E-state index < -0.39 is 29.3 Å². The number of rotatable bonds is 3. The first-order valence-electron chi connectivity index (χ1n) is 13.8. The Hall–Kier alpha value is -1.70. The van der Waals surface area contributed by atoms with Gasteiger partial charge in [-0.1, -0.05) is 34.6 Å². The van der Waals surface area contributed by atoms with Gasteiger partial charge in [0.25, 0.3) is 5.95 Å². The van der Waals surface area contributed by atoms with Gasteiger partial charge in [-0.15, -0.1) is 0 Å². The number of hydrogen-bond donors (Lipinski definition) is 0. The first-order valence-corrected chi connectivity index (χ1v) is 13.8. The van der Waals surface area contributed by atoms with Crippen LogP contribution in [0.15, 0.2) is 23.2 Å². The molecule has 0 aliphatic carbocycles. The van der Waals surface area contributed by atoms with E-state index in [4.69, 9.17) is 18.9 Å². The van der Waals surface area contributed by atoms with Gasteiger partial charge >= 0.3 is 0 Å². The van der Waals surface area contributed by atoms with E-state index in [-0.39, 0.29) is 41.6 Å². The first kappa shape index (κ1) is 29.9. The molecule has 0 radical (unpaired) electrons. The van der Waals surface area contributed by atoms with Crippen LogP contribution in [0.4, 0.5) is 0 Å². The third-order valence-electron chi connectivity index (χ3n) is 8.81. The monoisotopic (exact) mass is 519 g/mol. The Morgan fingerprint density at radius 3 is 2.22 bits per heavy atom. The molecular weight excluding hydrogens is 470 g/mol. The Balaban J connectivity index is 2.06. The highest BCUT2D eigenvalue weighted by Gasteiger charge is 2.48. The average molecular weight is 520 g/mol. The summed E-state index contributed by atoms with van der Waals surface area (Å²) in [6.45, 7) is 19.7. The minimum atomic E-state index is -0.832. The lowest BCUT2D eigenvalue weighted by Gasteiger charge is -2.46. The molecule has 37 heavy (non-hydrogen) atoms. The van der Waals surface area contributed by atoms with Crippen molar-refractivity contribution >= 4 is 11.6 Å². The van der Waals surface area contributed by atoms with Gasteiger partial charge in [0.1, 0.15) is 6.10 Å². The molecule has 2 bridgehead atoms. The van der Waals surface area contributed by atoms with Crippen molar-refractivity contribution in [2.75, 3.05) is 14.1 Å². The van der Waals surface area contributed by atoms with Crippen LogP contribution in [0.25, 0.3) is 0 Å². The van der Waals surface area contributed by atoms with Crippen LogP contribution in [-0.2, 0) is 28.5 Å². The van der Waals surface area contributed by atoms with Crippen molar-refractivity contribution < 1.29 is 28.5 Å². The number of ether oxygens (including phenoxy) is 4. The number of Topliss-reactive ketones (excluding diaryl/α,β-unsaturated/α-hetero) is 2. The van der Waals surface area contributed by atoms with Crippen LogP contribution in [0.5, 0.6) is 0 Å². The van der Waals surface area contributed by atoms with Crippen molar-refractivity contribution in [1.82, 2.24) is 4.90 Å². The third-order valence-corrected chi connectivity index (χ3v) is 8.81. The molecule has 4 unspecified atom stereocenters. The van der Waals surface area contributed by atoms with Gasteiger partial charge in [-0.3, -0.25) is 9.59 Å². The van der Waals surface area contributed by atoms with Gasteiger partial charge < -0.3 is 23.8 Å². The molecular formula is C30H49NO6. The topological polar surface area (TPSA) is 74.3 Å². The number of carbonyl (C=O) groups is 2. The summed E-state index contributed by atoms with van der Waals surface area (Å²) in [7, 11) is 4.17. The van der Waals surface area contributed by atoms with Gasteiger partial charge in [0.15, 0.2) is 23.5 Å². The van der Waals surface area contributed by atoms with Gasteiger partial charge in [0.05, 0.1) is 17.8 Å². The standard InChI is InChI=1S/C30H49NO6/c1-16-14-29(8,9)26(36-27-19(4)23(31(11)12)13-18(3)34-27)20(5)25(33)21(6)28-35-22(7)30(10,37-28)15-17(2)24(16)32/h15-16,18-20,22-23,26-27H,13-14H2,1-12H3/b17-15+,28-21?/t16-,18?,19?,20+,22-,23?,26-,27?,30+/m1/s1. The van der Waals surface area contributed by atoms with Gasteiger partial charge in [-0.05, 0) is 78.6 Å².